The number of hydrogen-bond acceptors (Lipinski definition) is 3. The topological polar surface area (TPSA) is 59.0 Å². The van der Waals surface area contributed by atoms with Crippen molar-refractivity contribution in [1.82, 2.24) is 20.4 Å². The molecule has 1 aliphatic rings. The van der Waals surface area contributed by atoms with E-state index in [0.29, 0.717) is 0 Å². The van der Waals surface area contributed by atoms with Gasteiger partial charge < -0.3 is 10.6 Å². The summed E-state index contributed by atoms with van der Waals surface area (Å²) in [6.07, 6.45) is 4.79. The lowest BCUT2D eigenvalue weighted by Crippen LogP contribution is -2.47. The van der Waals surface area contributed by atoms with Crippen molar-refractivity contribution >= 4 is 18.3 Å². The van der Waals surface area contributed by atoms with E-state index in [0.717, 1.165) is 25.1 Å². The number of nitrogens with zero attached hydrogens (tertiary/aromatic N) is 2. The van der Waals surface area contributed by atoms with Crippen molar-refractivity contribution in [2.75, 3.05) is 13.1 Å². The highest BCUT2D eigenvalue weighted by Gasteiger charge is 2.36. The molecule has 5 nitrogen and oxygen atoms in total. The van der Waals surface area contributed by atoms with Crippen molar-refractivity contribution in [1.29, 1.82) is 0 Å². The number of hydrogen-bond donors (Lipinski definition) is 2. The lowest BCUT2D eigenvalue weighted by molar-refractivity contribution is -0.126. The number of halogens is 1. The van der Waals surface area contributed by atoms with Gasteiger partial charge in [0.25, 0.3) is 0 Å². The molecule has 2 rings (SSSR count). The Morgan fingerprint density at radius 1 is 1.55 bits per heavy atom. The minimum Gasteiger partial charge on any atom is -0.351 e. The predicted molar refractivity (Wildman–Crippen MR) is 82.1 cm³/mol. The summed E-state index contributed by atoms with van der Waals surface area (Å²) in [7, 11) is 1.90. The van der Waals surface area contributed by atoms with Gasteiger partial charge in [0.15, 0.2) is 0 Å². The van der Waals surface area contributed by atoms with Crippen molar-refractivity contribution in [3.05, 3.63) is 18.0 Å². The zero-order valence-electron chi connectivity index (χ0n) is 12.6. The van der Waals surface area contributed by atoms with Gasteiger partial charge in [-0.3, -0.25) is 9.48 Å². The van der Waals surface area contributed by atoms with Crippen molar-refractivity contribution in [2.24, 2.45) is 13.0 Å². The molecular weight excluding hydrogens is 276 g/mol. The van der Waals surface area contributed by atoms with E-state index in [-0.39, 0.29) is 35.7 Å². The van der Waals surface area contributed by atoms with Gasteiger partial charge in [0.2, 0.25) is 5.91 Å². The van der Waals surface area contributed by atoms with E-state index < -0.39 is 0 Å². The number of aryl methyl sites for hydroxylation is 1. The molecule has 1 aliphatic heterocycles. The molecule has 1 saturated heterocycles. The molecule has 1 aromatic heterocycles. The molecule has 2 heterocycles. The minimum absolute atomic E-state index is 0. The number of carbonyl (C=O) groups excluding carboxylic acids is 1. The van der Waals surface area contributed by atoms with Crippen LogP contribution in [0.2, 0.25) is 0 Å². The lowest BCUT2D eigenvalue weighted by atomic mass is 9.89. The Morgan fingerprint density at radius 3 is 2.80 bits per heavy atom. The molecule has 20 heavy (non-hydrogen) atoms. The van der Waals surface area contributed by atoms with Crippen LogP contribution in [0.25, 0.3) is 0 Å². The third kappa shape index (κ3) is 3.73. The molecule has 0 saturated carbocycles. The first-order chi connectivity index (χ1) is 8.93. The molecule has 0 aliphatic carbocycles. The largest absolute Gasteiger partial charge is 0.351 e. The molecule has 6 heteroatoms. The summed E-state index contributed by atoms with van der Waals surface area (Å²) in [6, 6.07) is 0. The van der Waals surface area contributed by atoms with Gasteiger partial charge in [-0.25, -0.2) is 0 Å². The van der Waals surface area contributed by atoms with E-state index in [2.05, 4.69) is 36.5 Å². The van der Waals surface area contributed by atoms with Gasteiger partial charge in [0, 0.05) is 37.8 Å². The number of amides is 1. The molecular formula is C14H25ClN4O. The van der Waals surface area contributed by atoms with E-state index in [1.165, 1.54) is 0 Å². The molecule has 0 unspecified atom stereocenters. The Kier molecular flexibility index (Phi) is 5.59. The molecule has 0 aromatic carbocycles. The molecule has 0 spiro atoms. The van der Waals surface area contributed by atoms with Gasteiger partial charge in [-0.15, -0.1) is 12.4 Å². The Bertz CT molecular complexity index is 458. The van der Waals surface area contributed by atoms with Crippen molar-refractivity contribution < 1.29 is 4.79 Å². The molecule has 0 radical (unpaired) electrons. The number of carbonyl (C=O) groups is 1. The summed E-state index contributed by atoms with van der Waals surface area (Å²) in [4.78, 5) is 12.4. The van der Waals surface area contributed by atoms with Crippen LogP contribution in [0.15, 0.2) is 12.4 Å². The zero-order chi connectivity index (χ0) is 14.0. The standard InChI is InChI=1S/C14H24N4O.ClH/c1-5-14(2,3)17-13(19)12-8-15-7-11(12)10-6-16-18(4)9-10;/h6,9,11-12,15H,5,7-8H2,1-4H3,(H,17,19);1H/t11-,12+;/m1./s1. The second-order valence-corrected chi connectivity index (χ2v) is 6.05. The van der Waals surface area contributed by atoms with Gasteiger partial charge in [0.05, 0.1) is 12.1 Å². The molecule has 1 fully saturated rings. The van der Waals surface area contributed by atoms with Gasteiger partial charge in [-0.2, -0.15) is 5.10 Å². The summed E-state index contributed by atoms with van der Waals surface area (Å²) in [6.45, 7) is 7.80. The van der Waals surface area contributed by atoms with E-state index in [9.17, 15) is 4.79 Å². The highest BCUT2D eigenvalue weighted by Crippen LogP contribution is 2.28. The average molecular weight is 301 g/mol. The van der Waals surface area contributed by atoms with Gasteiger partial charge in [-0.1, -0.05) is 6.92 Å². The van der Waals surface area contributed by atoms with Gasteiger partial charge >= 0.3 is 0 Å². The normalized spacial score (nSPS) is 22.4. The first kappa shape index (κ1) is 17.0. The third-order valence-corrected chi connectivity index (χ3v) is 4.05. The Hall–Kier alpha value is -1.07. The predicted octanol–water partition coefficient (Wildman–Crippen LogP) is 1.45. The Balaban J connectivity index is 0.00000200. The van der Waals surface area contributed by atoms with Crippen LogP contribution in [-0.2, 0) is 11.8 Å². The van der Waals surface area contributed by atoms with E-state index in [1.807, 2.05) is 19.4 Å². The monoisotopic (exact) mass is 300 g/mol. The van der Waals surface area contributed by atoms with Crippen molar-refractivity contribution in [3.8, 4) is 0 Å². The van der Waals surface area contributed by atoms with Crippen molar-refractivity contribution in [3.63, 3.8) is 0 Å². The maximum absolute atomic E-state index is 12.4. The molecule has 1 aromatic rings. The number of aromatic nitrogens is 2. The van der Waals surface area contributed by atoms with Gasteiger partial charge in [0.1, 0.15) is 0 Å². The van der Waals surface area contributed by atoms with E-state index >= 15 is 0 Å². The average Bonchev–Trinajstić information content (AvgIpc) is 2.96. The first-order valence-electron chi connectivity index (χ1n) is 6.94. The van der Waals surface area contributed by atoms with Crippen LogP contribution in [0, 0.1) is 5.92 Å². The fourth-order valence-corrected chi connectivity index (χ4v) is 2.45. The molecule has 114 valence electrons. The Morgan fingerprint density at radius 2 is 2.25 bits per heavy atom. The Labute approximate surface area is 126 Å². The van der Waals surface area contributed by atoms with Crippen molar-refractivity contribution in [2.45, 2.75) is 38.6 Å². The molecule has 2 atom stereocenters. The summed E-state index contributed by atoms with van der Waals surface area (Å²) >= 11 is 0. The number of nitrogens with one attached hydrogen (secondary N) is 2. The fourth-order valence-electron chi connectivity index (χ4n) is 2.45. The number of rotatable bonds is 4. The smallest absolute Gasteiger partial charge is 0.225 e. The molecule has 2 N–H and O–H groups in total. The first-order valence-corrected chi connectivity index (χ1v) is 6.94. The van der Waals surface area contributed by atoms with Crippen LogP contribution in [0.1, 0.15) is 38.7 Å². The highest BCUT2D eigenvalue weighted by molar-refractivity contribution is 5.85. The summed E-state index contributed by atoms with van der Waals surface area (Å²) in [5.41, 5.74) is 1.00. The maximum atomic E-state index is 12.4. The van der Waals surface area contributed by atoms with Gasteiger partial charge in [-0.05, 0) is 25.8 Å². The second kappa shape index (κ2) is 6.59. The SMILES string of the molecule is CCC(C)(C)NC(=O)[C@H]1CNC[C@@H]1c1cnn(C)c1.Cl. The minimum atomic E-state index is -0.140. The van der Waals surface area contributed by atoms with E-state index in [4.69, 9.17) is 0 Å². The van der Waals surface area contributed by atoms with Crippen LogP contribution < -0.4 is 10.6 Å². The van der Waals surface area contributed by atoms with E-state index in [1.54, 1.807) is 4.68 Å². The summed E-state index contributed by atoms with van der Waals surface area (Å²) in [5, 5.41) is 10.7. The molecule has 1 amide bonds. The second-order valence-electron chi connectivity index (χ2n) is 6.05. The molecule has 0 bridgehead atoms. The third-order valence-electron chi connectivity index (χ3n) is 4.05. The van der Waals surface area contributed by atoms with Crippen LogP contribution in [0.3, 0.4) is 0 Å². The van der Waals surface area contributed by atoms with Crippen LogP contribution >= 0.6 is 12.4 Å². The van der Waals surface area contributed by atoms with Crippen LogP contribution in [0.4, 0.5) is 0 Å². The quantitative estimate of drug-likeness (QED) is 0.885. The fraction of sp³-hybridized carbons (Fsp3) is 0.714. The highest BCUT2D eigenvalue weighted by atomic mass is 35.5. The van der Waals surface area contributed by atoms with Crippen LogP contribution in [0.5, 0.6) is 0 Å². The summed E-state index contributed by atoms with van der Waals surface area (Å²) in [5.74, 6) is 0.363. The zero-order valence-corrected chi connectivity index (χ0v) is 13.5. The summed E-state index contributed by atoms with van der Waals surface area (Å²) < 4.78 is 1.79. The maximum Gasteiger partial charge on any atom is 0.225 e. The lowest BCUT2D eigenvalue weighted by Gasteiger charge is -2.27. The van der Waals surface area contributed by atoms with Crippen LogP contribution in [-0.4, -0.2) is 34.3 Å².